The number of carbonyl (C=O) groups is 1. The molecule has 5 aliphatic rings. The SMILES string of the molecule is CC(C)c1ccccc1[C@H]1CCCN1C1CC2(CCN(c3ccc(C(=O)NS(=O)(=O)c4cc5c(c([N+](=O)[O-])c4)SC(C4CCC(C)(C)CC4)CO5)c(Oc4cnc5[nH]cc(Cl)c5c4)c3)CC2)C1. The largest absolute Gasteiger partial charge is 0.491 e. The molecule has 4 fully saturated rings. The summed E-state index contributed by atoms with van der Waals surface area (Å²) in [5, 5.41) is 13.5. The predicted molar refractivity (Wildman–Crippen MR) is 262 cm³/mol. The first-order chi connectivity index (χ1) is 32.1. The third-order valence-corrected chi connectivity index (χ3v) is 18.6. The van der Waals surface area contributed by atoms with Crippen molar-refractivity contribution in [3.8, 4) is 17.2 Å². The molecule has 1 unspecified atom stereocenters. The van der Waals surface area contributed by atoms with Crippen LogP contribution in [0.25, 0.3) is 11.0 Å². The number of nitrogens with one attached hydrogen (secondary N) is 2. The summed E-state index contributed by atoms with van der Waals surface area (Å²) < 4.78 is 42.7. The fourth-order valence-corrected chi connectivity index (χ4v) is 14.1. The third kappa shape index (κ3) is 9.13. The normalized spacial score (nSPS) is 22.1. The van der Waals surface area contributed by atoms with Crippen LogP contribution in [0.2, 0.25) is 5.02 Å². The van der Waals surface area contributed by atoms with E-state index in [0.717, 1.165) is 69.9 Å². The fraction of sp³-hybridized carbons (Fsp3) is 0.490. The number of nitrogens with zero attached hydrogens (tertiary/aromatic N) is 4. The number of halogens is 1. The van der Waals surface area contributed by atoms with Gasteiger partial charge >= 0.3 is 0 Å². The van der Waals surface area contributed by atoms with E-state index in [1.165, 1.54) is 60.8 Å². The number of aromatic amines is 1. The summed E-state index contributed by atoms with van der Waals surface area (Å²) in [5.74, 6) is 0.407. The number of thioether (sulfide) groups is 1. The van der Waals surface area contributed by atoms with Gasteiger partial charge in [-0.3, -0.25) is 19.8 Å². The molecule has 67 heavy (non-hydrogen) atoms. The van der Waals surface area contributed by atoms with Crippen molar-refractivity contribution in [1.82, 2.24) is 19.6 Å². The number of hydrogen-bond donors (Lipinski definition) is 2. The number of anilines is 1. The Hall–Kier alpha value is -4.83. The molecule has 5 aromatic rings. The van der Waals surface area contributed by atoms with Gasteiger partial charge in [-0.15, -0.1) is 11.8 Å². The second kappa shape index (κ2) is 17.9. The van der Waals surface area contributed by atoms with Crippen molar-refractivity contribution in [3.63, 3.8) is 0 Å². The number of benzene rings is 3. The molecule has 2 aromatic heterocycles. The number of hydrogen-bond acceptors (Lipinski definition) is 11. The van der Waals surface area contributed by atoms with Crippen LogP contribution < -0.4 is 19.1 Å². The molecule has 0 radical (unpaired) electrons. The van der Waals surface area contributed by atoms with E-state index in [1.54, 1.807) is 24.4 Å². The number of nitro groups is 1. The minimum absolute atomic E-state index is 0.0121. The number of aromatic nitrogens is 2. The van der Waals surface area contributed by atoms with Gasteiger partial charge in [-0.1, -0.05) is 63.6 Å². The van der Waals surface area contributed by atoms with Crippen molar-refractivity contribution < 1.29 is 27.6 Å². The van der Waals surface area contributed by atoms with Gasteiger partial charge in [-0.2, -0.15) is 0 Å². The molecule has 3 aliphatic heterocycles. The lowest BCUT2D eigenvalue weighted by Crippen LogP contribution is -2.54. The maximum absolute atomic E-state index is 14.2. The van der Waals surface area contributed by atoms with Crippen LogP contribution in [0, 0.1) is 26.9 Å². The van der Waals surface area contributed by atoms with Gasteiger partial charge in [0.05, 0.1) is 26.6 Å². The first-order valence-corrected chi connectivity index (χ1v) is 26.5. The summed E-state index contributed by atoms with van der Waals surface area (Å²) in [6.45, 7) is 12.2. The highest BCUT2D eigenvalue weighted by atomic mass is 35.5. The highest BCUT2D eigenvalue weighted by Crippen LogP contribution is 2.55. The molecule has 2 saturated carbocycles. The number of amides is 1. The van der Waals surface area contributed by atoms with Crippen LogP contribution in [0.1, 0.15) is 125 Å². The monoisotopic (exact) mass is 966 g/mol. The van der Waals surface area contributed by atoms with Crippen molar-refractivity contribution in [2.24, 2.45) is 16.7 Å². The quantitative estimate of drug-likeness (QED) is 0.0958. The van der Waals surface area contributed by atoms with Gasteiger partial charge in [0.2, 0.25) is 0 Å². The Labute approximate surface area is 401 Å². The van der Waals surface area contributed by atoms with E-state index in [-0.39, 0.29) is 33.4 Å². The Kier molecular flexibility index (Phi) is 12.3. The molecule has 354 valence electrons. The van der Waals surface area contributed by atoms with Gasteiger partial charge in [0.1, 0.15) is 34.4 Å². The lowest BCUT2D eigenvalue weighted by Gasteiger charge is -2.56. The van der Waals surface area contributed by atoms with E-state index >= 15 is 0 Å². The van der Waals surface area contributed by atoms with Crippen molar-refractivity contribution in [3.05, 3.63) is 105 Å². The lowest BCUT2D eigenvalue weighted by molar-refractivity contribution is -0.388. The minimum atomic E-state index is -4.63. The molecule has 10 rings (SSSR count). The molecule has 2 saturated heterocycles. The van der Waals surface area contributed by atoms with E-state index in [9.17, 15) is 23.3 Å². The summed E-state index contributed by atoms with van der Waals surface area (Å²) in [6, 6.07) is 19.2. The van der Waals surface area contributed by atoms with Crippen molar-refractivity contribution in [1.29, 1.82) is 0 Å². The Balaban J connectivity index is 0.863. The number of rotatable bonds is 11. The third-order valence-electron chi connectivity index (χ3n) is 15.5. The summed E-state index contributed by atoms with van der Waals surface area (Å²) in [4.78, 5) is 38.4. The zero-order valence-electron chi connectivity index (χ0n) is 38.6. The number of sulfonamides is 1. The zero-order chi connectivity index (χ0) is 46.8. The fourth-order valence-electron chi connectivity index (χ4n) is 11.5. The van der Waals surface area contributed by atoms with E-state index in [1.807, 2.05) is 6.07 Å². The molecule has 16 heteroatoms. The van der Waals surface area contributed by atoms with Crippen LogP contribution in [0.3, 0.4) is 0 Å². The summed E-state index contributed by atoms with van der Waals surface area (Å²) in [6.07, 6.45) is 14.2. The maximum atomic E-state index is 14.2. The Morgan fingerprint density at radius 2 is 1.79 bits per heavy atom. The van der Waals surface area contributed by atoms with E-state index in [2.05, 4.69) is 76.5 Å². The van der Waals surface area contributed by atoms with Crippen LogP contribution >= 0.6 is 23.4 Å². The predicted octanol–water partition coefficient (Wildman–Crippen LogP) is 11.8. The van der Waals surface area contributed by atoms with Gasteiger partial charge in [-0.25, -0.2) is 18.1 Å². The minimum Gasteiger partial charge on any atom is -0.491 e. The van der Waals surface area contributed by atoms with E-state index < -0.39 is 25.7 Å². The molecular weight excluding hydrogens is 908 g/mol. The topological polar surface area (TPSA) is 160 Å². The molecule has 5 heterocycles. The van der Waals surface area contributed by atoms with Crippen LogP contribution in [0.5, 0.6) is 17.2 Å². The first-order valence-electron chi connectivity index (χ1n) is 23.8. The van der Waals surface area contributed by atoms with Gasteiger partial charge in [0.25, 0.3) is 21.6 Å². The highest BCUT2D eigenvalue weighted by molar-refractivity contribution is 8.00. The average Bonchev–Trinajstić information content (AvgIpc) is 3.94. The molecule has 3 aromatic carbocycles. The number of piperidine rings is 1. The number of ether oxygens (including phenoxy) is 2. The van der Waals surface area contributed by atoms with E-state index in [0.29, 0.717) is 62.6 Å². The van der Waals surface area contributed by atoms with Crippen LogP contribution in [-0.2, 0) is 10.0 Å². The van der Waals surface area contributed by atoms with Crippen molar-refractivity contribution >= 4 is 61.7 Å². The highest BCUT2D eigenvalue weighted by Gasteiger charge is 2.50. The lowest BCUT2D eigenvalue weighted by atomic mass is 9.59. The number of carbonyl (C=O) groups excluding carboxylic acids is 1. The summed E-state index contributed by atoms with van der Waals surface area (Å²) in [7, 11) is -4.63. The Morgan fingerprint density at radius 1 is 1.03 bits per heavy atom. The van der Waals surface area contributed by atoms with Crippen molar-refractivity contribution in [2.45, 2.75) is 125 Å². The second-order valence-corrected chi connectivity index (χ2v) is 24.0. The standard InChI is InChI=1S/C51H59ClN6O7S2/c1-31(2)37-8-5-6-9-38(37)42-10-7-19-57(42)34-26-51(27-34)17-20-56(21-18-51)33-11-12-39(44(22-33)65-35-23-40-41(52)29-54-48(40)53-28-35)49(59)55-67(62,63)36-24-43(58(60)61)47-45(25-36)64-30-46(66-47)32-13-15-50(3,4)16-14-32/h5-6,8-9,11-12,22-25,28-29,31-32,34,42,46H,7,10,13-21,26-27,30H2,1-4H3,(H,53,54)(H,55,59)/t42-,46?/m1/s1. The number of pyridine rings is 1. The van der Waals surface area contributed by atoms with Gasteiger partial charge in [0, 0.05) is 65.9 Å². The molecule has 1 spiro atoms. The zero-order valence-corrected chi connectivity index (χ0v) is 40.9. The maximum Gasteiger partial charge on any atom is 0.288 e. The Morgan fingerprint density at radius 3 is 2.54 bits per heavy atom. The number of nitro benzene ring substituents is 1. The van der Waals surface area contributed by atoms with E-state index in [4.69, 9.17) is 21.1 Å². The molecule has 1 amide bonds. The summed E-state index contributed by atoms with van der Waals surface area (Å²) in [5.41, 5.74) is 4.50. The molecule has 2 atom stereocenters. The van der Waals surface area contributed by atoms with Gasteiger partial charge in [-0.05, 0) is 123 Å². The molecular formula is C51H59ClN6O7S2. The van der Waals surface area contributed by atoms with Gasteiger partial charge in [0.15, 0.2) is 0 Å². The number of H-pyrrole nitrogens is 1. The average molecular weight is 968 g/mol. The number of fused-ring (bicyclic) bond motifs is 2. The molecule has 13 nitrogen and oxygen atoms in total. The van der Waals surface area contributed by atoms with Gasteiger partial charge < -0.3 is 19.4 Å². The number of likely N-dealkylation sites (tertiary alicyclic amines) is 1. The molecule has 2 aliphatic carbocycles. The smallest absolute Gasteiger partial charge is 0.288 e. The molecule has 0 bridgehead atoms. The molecule has 2 N–H and O–H groups in total. The Bertz CT molecular complexity index is 2830. The summed E-state index contributed by atoms with van der Waals surface area (Å²) >= 11 is 7.82. The first kappa shape index (κ1) is 45.9. The van der Waals surface area contributed by atoms with Crippen LogP contribution in [-0.4, -0.2) is 71.6 Å². The second-order valence-electron chi connectivity index (χ2n) is 20.6. The van der Waals surface area contributed by atoms with Crippen LogP contribution in [0.15, 0.2) is 82.8 Å². The van der Waals surface area contributed by atoms with Crippen molar-refractivity contribution in [2.75, 3.05) is 31.1 Å². The van der Waals surface area contributed by atoms with Crippen LogP contribution in [0.4, 0.5) is 11.4 Å².